The Morgan fingerprint density at radius 3 is 2.67 bits per heavy atom. The molecule has 0 aliphatic carbocycles. The van der Waals surface area contributed by atoms with E-state index < -0.39 is 17.5 Å². The third-order valence-corrected chi connectivity index (χ3v) is 4.57. The van der Waals surface area contributed by atoms with Gasteiger partial charge in [0, 0.05) is 25.7 Å². The Kier molecular flexibility index (Phi) is 7.56. The molecule has 1 aliphatic heterocycles. The second-order valence-corrected chi connectivity index (χ2v) is 8.05. The molecule has 1 atom stereocenters. The number of hydrogen-bond acceptors (Lipinski definition) is 5. The highest BCUT2D eigenvalue weighted by Gasteiger charge is 2.27. The van der Waals surface area contributed by atoms with E-state index in [4.69, 9.17) is 16.3 Å². The molecule has 27 heavy (non-hydrogen) atoms. The maximum absolute atomic E-state index is 14.2. The van der Waals surface area contributed by atoms with E-state index in [1.165, 1.54) is 6.07 Å². The van der Waals surface area contributed by atoms with Crippen molar-refractivity contribution in [2.24, 2.45) is 0 Å². The van der Waals surface area contributed by atoms with Gasteiger partial charge in [-0.3, -0.25) is 0 Å². The summed E-state index contributed by atoms with van der Waals surface area (Å²) in [7, 11) is 0. The number of ether oxygens (including phenoxy) is 1. The summed E-state index contributed by atoms with van der Waals surface area (Å²) in [6, 6.07) is 4.91. The molecule has 8 heteroatoms. The minimum absolute atomic E-state index is 0.0767. The minimum atomic E-state index is -0.754. The molecule has 1 aromatic carbocycles. The number of aliphatic hydroxyl groups excluding tert-OH is 1. The maximum atomic E-state index is 14.2. The molecular weight excluding hydrogens is 373 g/mol. The first-order valence-electron chi connectivity index (χ1n) is 9.20. The standard InChI is InChI=1S/C19H29ClFN3O3/c1-19(2,3)27-18(26)24-9-7-13(8-10-24)23-16-6-4-5-15(21)17(16)22-12-14(25)11-20/h4-6,13-14,22-23,25H,7-12H2,1-3H3. The number of likely N-dealkylation sites (tertiary alicyclic amines) is 1. The summed E-state index contributed by atoms with van der Waals surface area (Å²) >= 11 is 5.59. The van der Waals surface area contributed by atoms with E-state index >= 15 is 0 Å². The van der Waals surface area contributed by atoms with Crippen molar-refractivity contribution in [2.75, 3.05) is 36.1 Å². The number of carbonyl (C=O) groups excluding carboxylic acids is 1. The fourth-order valence-electron chi connectivity index (χ4n) is 2.85. The van der Waals surface area contributed by atoms with Crippen LogP contribution in [-0.4, -0.2) is 59.4 Å². The third-order valence-electron chi connectivity index (χ3n) is 4.21. The highest BCUT2D eigenvalue weighted by Crippen LogP contribution is 2.28. The van der Waals surface area contributed by atoms with Crippen LogP contribution in [0.25, 0.3) is 0 Å². The van der Waals surface area contributed by atoms with Gasteiger partial charge in [-0.05, 0) is 45.7 Å². The van der Waals surface area contributed by atoms with E-state index in [0.29, 0.717) is 24.5 Å². The molecular formula is C19H29ClFN3O3. The number of carbonyl (C=O) groups is 1. The molecule has 1 aromatic rings. The van der Waals surface area contributed by atoms with E-state index in [2.05, 4.69) is 10.6 Å². The number of aliphatic hydroxyl groups is 1. The molecule has 1 saturated heterocycles. The topological polar surface area (TPSA) is 73.8 Å². The fourth-order valence-corrected chi connectivity index (χ4v) is 2.96. The number of benzene rings is 1. The van der Waals surface area contributed by atoms with Crippen LogP contribution in [0.5, 0.6) is 0 Å². The lowest BCUT2D eigenvalue weighted by Crippen LogP contribution is -2.44. The molecule has 152 valence electrons. The zero-order chi connectivity index (χ0) is 20.0. The number of nitrogens with one attached hydrogen (secondary N) is 2. The van der Waals surface area contributed by atoms with Crippen molar-refractivity contribution in [3.63, 3.8) is 0 Å². The number of piperidine rings is 1. The SMILES string of the molecule is CC(C)(C)OC(=O)N1CCC(Nc2cccc(F)c2NCC(O)CCl)CC1. The Hall–Kier alpha value is -1.73. The summed E-state index contributed by atoms with van der Waals surface area (Å²) in [6.07, 6.45) is 0.416. The van der Waals surface area contributed by atoms with Crippen molar-refractivity contribution in [1.29, 1.82) is 0 Å². The summed E-state index contributed by atoms with van der Waals surface area (Å²) in [5, 5.41) is 15.9. The number of anilines is 2. The molecule has 1 aliphatic rings. The zero-order valence-electron chi connectivity index (χ0n) is 16.1. The van der Waals surface area contributed by atoms with Gasteiger partial charge in [-0.25, -0.2) is 9.18 Å². The summed E-state index contributed by atoms with van der Waals surface area (Å²) in [6.45, 7) is 6.86. The first kappa shape index (κ1) is 21.6. The monoisotopic (exact) mass is 401 g/mol. The van der Waals surface area contributed by atoms with E-state index in [0.717, 1.165) is 12.8 Å². The van der Waals surface area contributed by atoms with Crippen LogP contribution in [0.3, 0.4) is 0 Å². The number of amides is 1. The molecule has 0 aromatic heterocycles. The van der Waals surface area contributed by atoms with Crippen LogP contribution in [0.15, 0.2) is 18.2 Å². The van der Waals surface area contributed by atoms with Gasteiger partial charge >= 0.3 is 6.09 Å². The highest BCUT2D eigenvalue weighted by molar-refractivity contribution is 6.18. The number of halogens is 2. The van der Waals surface area contributed by atoms with Crippen LogP contribution in [-0.2, 0) is 4.74 Å². The van der Waals surface area contributed by atoms with Crippen molar-refractivity contribution in [1.82, 2.24) is 4.90 Å². The number of para-hydroxylation sites is 1. The lowest BCUT2D eigenvalue weighted by atomic mass is 10.0. The van der Waals surface area contributed by atoms with Gasteiger partial charge in [-0.15, -0.1) is 11.6 Å². The molecule has 1 fully saturated rings. The summed E-state index contributed by atoms with van der Waals surface area (Å²) in [5.41, 5.74) is 0.436. The zero-order valence-corrected chi connectivity index (χ0v) is 16.9. The Morgan fingerprint density at radius 2 is 2.07 bits per heavy atom. The molecule has 0 radical (unpaired) electrons. The van der Waals surface area contributed by atoms with Gasteiger partial charge < -0.3 is 25.4 Å². The highest BCUT2D eigenvalue weighted by atomic mass is 35.5. The molecule has 6 nitrogen and oxygen atoms in total. The number of hydrogen-bond donors (Lipinski definition) is 3. The minimum Gasteiger partial charge on any atom is -0.444 e. The van der Waals surface area contributed by atoms with Crippen molar-refractivity contribution < 1.29 is 19.0 Å². The maximum Gasteiger partial charge on any atom is 0.410 e. The second-order valence-electron chi connectivity index (χ2n) is 7.74. The van der Waals surface area contributed by atoms with Crippen LogP contribution >= 0.6 is 11.6 Å². The largest absolute Gasteiger partial charge is 0.444 e. The normalized spacial score (nSPS) is 16.7. The van der Waals surface area contributed by atoms with E-state index in [9.17, 15) is 14.3 Å². The molecule has 0 bridgehead atoms. The van der Waals surface area contributed by atoms with Gasteiger partial charge in [0.05, 0.1) is 23.4 Å². The van der Waals surface area contributed by atoms with Gasteiger partial charge in [0.2, 0.25) is 0 Å². The summed E-state index contributed by atoms with van der Waals surface area (Å²) in [4.78, 5) is 13.8. The second kappa shape index (κ2) is 9.46. The first-order chi connectivity index (χ1) is 12.7. The molecule has 1 amide bonds. The van der Waals surface area contributed by atoms with Crippen LogP contribution in [0.4, 0.5) is 20.6 Å². The Morgan fingerprint density at radius 1 is 1.41 bits per heavy atom. The van der Waals surface area contributed by atoms with Crippen molar-refractivity contribution in [2.45, 2.75) is 51.4 Å². The van der Waals surface area contributed by atoms with Gasteiger partial charge in [0.1, 0.15) is 11.4 Å². The predicted octanol–water partition coefficient (Wildman–Crippen LogP) is 3.65. The smallest absolute Gasteiger partial charge is 0.410 e. The summed E-state index contributed by atoms with van der Waals surface area (Å²) in [5.74, 6) is -0.319. The van der Waals surface area contributed by atoms with Crippen LogP contribution in [0, 0.1) is 5.82 Å². The van der Waals surface area contributed by atoms with Gasteiger partial charge in [0.25, 0.3) is 0 Å². The quantitative estimate of drug-likeness (QED) is 0.634. The molecule has 1 heterocycles. The predicted molar refractivity (Wildman–Crippen MR) is 106 cm³/mol. The van der Waals surface area contributed by atoms with Gasteiger partial charge in [-0.1, -0.05) is 6.07 Å². The molecule has 3 N–H and O–H groups in total. The lowest BCUT2D eigenvalue weighted by molar-refractivity contribution is 0.0210. The van der Waals surface area contributed by atoms with E-state index in [1.54, 1.807) is 17.0 Å². The fraction of sp³-hybridized carbons (Fsp3) is 0.632. The van der Waals surface area contributed by atoms with Gasteiger partial charge in [-0.2, -0.15) is 0 Å². The number of alkyl halides is 1. The Balaban J connectivity index is 1.93. The summed E-state index contributed by atoms with van der Waals surface area (Å²) < 4.78 is 19.6. The number of nitrogens with zero attached hydrogens (tertiary/aromatic N) is 1. The van der Waals surface area contributed by atoms with Crippen molar-refractivity contribution in [3.8, 4) is 0 Å². The average Bonchev–Trinajstić information content (AvgIpc) is 2.60. The molecule has 0 saturated carbocycles. The van der Waals surface area contributed by atoms with Crippen molar-refractivity contribution in [3.05, 3.63) is 24.0 Å². The number of rotatable bonds is 6. The molecule has 2 rings (SSSR count). The van der Waals surface area contributed by atoms with Crippen LogP contribution < -0.4 is 10.6 Å². The van der Waals surface area contributed by atoms with E-state index in [1.807, 2.05) is 20.8 Å². The third kappa shape index (κ3) is 6.74. The Labute approximate surface area is 165 Å². The molecule has 0 spiro atoms. The van der Waals surface area contributed by atoms with Gasteiger partial charge in [0.15, 0.2) is 0 Å². The van der Waals surface area contributed by atoms with Crippen molar-refractivity contribution >= 4 is 29.1 Å². The van der Waals surface area contributed by atoms with Crippen LogP contribution in [0.1, 0.15) is 33.6 Å². The van der Waals surface area contributed by atoms with Crippen LogP contribution in [0.2, 0.25) is 0 Å². The van der Waals surface area contributed by atoms with E-state index in [-0.39, 0.29) is 24.6 Å². The average molecular weight is 402 g/mol. The first-order valence-corrected chi connectivity index (χ1v) is 9.74. The Bertz CT molecular complexity index is 631. The lowest BCUT2D eigenvalue weighted by Gasteiger charge is -2.34. The molecule has 1 unspecified atom stereocenters.